The molecule has 0 aromatic heterocycles. The van der Waals surface area contributed by atoms with E-state index in [4.69, 9.17) is 0 Å². The van der Waals surface area contributed by atoms with Crippen molar-refractivity contribution in [1.29, 1.82) is 0 Å². The van der Waals surface area contributed by atoms with Gasteiger partial charge in [0.05, 0.1) is 28.8 Å². The maximum absolute atomic E-state index is 11.7. The topological polar surface area (TPSA) is 101 Å². The molecular weight excluding hydrogens is 240 g/mol. The largest absolute Gasteiger partial charge is 0.392 e. The molecule has 0 aliphatic carbocycles. The van der Waals surface area contributed by atoms with Crippen molar-refractivity contribution >= 4 is 23.1 Å². The predicted octanol–water partition coefficient (Wildman–Crippen LogP) is 0.505. The van der Waals surface area contributed by atoms with Gasteiger partial charge in [0.2, 0.25) is 0 Å². The Labute approximate surface area is 102 Å². The molecule has 18 heavy (non-hydrogen) atoms. The highest BCUT2D eigenvalue weighted by molar-refractivity contribution is 6.52. The summed E-state index contributed by atoms with van der Waals surface area (Å²) in [7, 11) is 0. The molecule has 1 aromatic carbocycles. The van der Waals surface area contributed by atoms with Crippen LogP contribution in [0.2, 0.25) is 0 Å². The monoisotopic (exact) mass is 250 g/mol. The molecule has 0 fully saturated rings. The number of nitro benzene ring substituents is 1. The Bertz CT molecular complexity index is 552. The molecule has 1 aliphatic rings. The lowest BCUT2D eigenvalue weighted by Gasteiger charge is -2.17. The first-order chi connectivity index (χ1) is 8.41. The predicted molar refractivity (Wildman–Crippen MR) is 61.5 cm³/mol. The molecule has 1 unspecified atom stereocenters. The normalized spacial score (nSPS) is 15.8. The van der Waals surface area contributed by atoms with Crippen LogP contribution < -0.4 is 4.90 Å². The van der Waals surface area contributed by atoms with E-state index in [0.29, 0.717) is 5.69 Å². The first-order valence-electron chi connectivity index (χ1n) is 5.24. The third-order valence-electron chi connectivity index (χ3n) is 2.61. The molecule has 1 atom stereocenters. The lowest BCUT2D eigenvalue weighted by molar-refractivity contribution is -0.384. The van der Waals surface area contributed by atoms with Crippen LogP contribution in [0.4, 0.5) is 11.4 Å². The van der Waals surface area contributed by atoms with E-state index >= 15 is 0 Å². The molecule has 0 saturated carbocycles. The molecule has 0 bridgehead atoms. The minimum absolute atomic E-state index is 0.00912. The van der Waals surface area contributed by atoms with Crippen molar-refractivity contribution in [1.82, 2.24) is 0 Å². The summed E-state index contributed by atoms with van der Waals surface area (Å²) in [5.74, 6) is -1.55. The van der Waals surface area contributed by atoms with E-state index in [1.807, 2.05) is 0 Å². The van der Waals surface area contributed by atoms with E-state index in [-0.39, 0.29) is 17.8 Å². The van der Waals surface area contributed by atoms with Crippen LogP contribution >= 0.6 is 0 Å². The van der Waals surface area contributed by atoms with Gasteiger partial charge >= 0.3 is 0 Å². The first-order valence-corrected chi connectivity index (χ1v) is 5.24. The molecule has 1 aliphatic heterocycles. The zero-order valence-electron chi connectivity index (χ0n) is 9.49. The van der Waals surface area contributed by atoms with E-state index in [2.05, 4.69) is 0 Å². The summed E-state index contributed by atoms with van der Waals surface area (Å²) in [6.07, 6.45) is -0.789. The Morgan fingerprint density at radius 1 is 1.44 bits per heavy atom. The smallest absolute Gasteiger partial charge is 0.299 e. The Kier molecular flexibility index (Phi) is 2.84. The third kappa shape index (κ3) is 1.84. The molecule has 7 nitrogen and oxygen atoms in total. The molecule has 1 N–H and O–H groups in total. The Balaban J connectivity index is 2.47. The second-order valence-corrected chi connectivity index (χ2v) is 4.05. The lowest BCUT2D eigenvalue weighted by atomic mass is 10.1. The van der Waals surface area contributed by atoms with Gasteiger partial charge in [-0.15, -0.1) is 0 Å². The van der Waals surface area contributed by atoms with E-state index in [1.165, 1.54) is 19.1 Å². The number of aliphatic hydroxyl groups excluding tert-OH is 1. The van der Waals surface area contributed by atoms with Gasteiger partial charge in [0.15, 0.2) is 0 Å². The summed E-state index contributed by atoms with van der Waals surface area (Å²) in [5.41, 5.74) is 0.0696. The van der Waals surface area contributed by atoms with Gasteiger partial charge in [0.1, 0.15) is 0 Å². The number of hydrogen-bond acceptors (Lipinski definition) is 5. The number of rotatable bonds is 3. The summed E-state index contributed by atoms with van der Waals surface area (Å²) in [6, 6.07) is 3.65. The molecule has 2 rings (SSSR count). The van der Waals surface area contributed by atoms with Gasteiger partial charge in [0, 0.05) is 12.1 Å². The summed E-state index contributed by atoms with van der Waals surface area (Å²) in [6.45, 7) is 1.47. The minimum atomic E-state index is -0.789. The molecule has 0 spiro atoms. The number of fused-ring (bicyclic) bond motifs is 1. The number of amides is 1. The van der Waals surface area contributed by atoms with Gasteiger partial charge in [-0.25, -0.2) is 0 Å². The van der Waals surface area contributed by atoms with Crippen LogP contribution in [0.15, 0.2) is 18.2 Å². The van der Waals surface area contributed by atoms with E-state index in [1.54, 1.807) is 0 Å². The molecule has 0 saturated heterocycles. The molecule has 7 heteroatoms. The van der Waals surface area contributed by atoms with Gasteiger partial charge in [-0.1, -0.05) is 0 Å². The standard InChI is InChI=1S/C11H10N2O5/c1-6(14)5-12-9-3-2-7(13(17)18)4-8(9)10(15)11(12)16/h2-4,6,14H,5H2,1H3. The second kappa shape index (κ2) is 4.19. The van der Waals surface area contributed by atoms with Gasteiger partial charge in [-0.05, 0) is 13.0 Å². The van der Waals surface area contributed by atoms with Gasteiger partial charge in [0.25, 0.3) is 17.4 Å². The van der Waals surface area contributed by atoms with E-state index in [9.17, 15) is 24.8 Å². The second-order valence-electron chi connectivity index (χ2n) is 4.05. The SMILES string of the molecule is CC(O)CN1C(=O)C(=O)c2cc([N+](=O)[O-])ccc21. The quantitative estimate of drug-likeness (QED) is 0.478. The zero-order chi connectivity index (χ0) is 13.4. The highest BCUT2D eigenvalue weighted by atomic mass is 16.6. The number of nitro groups is 1. The number of β-amino-alcohol motifs (C(OH)–C–C–N with tert-alkyl or cyclic N) is 1. The number of ketones is 1. The van der Waals surface area contributed by atoms with Crippen molar-refractivity contribution in [2.24, 2.45) is 0 Å². The Morgan fingerprint density at radius 2 is 2.11 bits per heavy atom. The van der Waals surface area contributed by atoms with Crippen molar-refractivity contribution in [2.45, 2.75) is 13.0 Å². The van der Waals surface area contributed by atoms with Crippen molar-refractivity contribution < 1.29 is 19.6 Å². The first kappa shape index (κ1) is 12.2. The van der Waals surface area contributed by atoms with Crippen LogP contribution in [0.5, 0.6) is 0 Å². The number of benzene rings is 1. The van der Waals surface area contributed by atoms with Gasteiger partial charge in [-0.2, -0.15) is 0 Å². The van der Waals surface area contributed by atoms with Crippen LogP contribution in [0.25, 0.3) is 0 Å². The van der Waals surface area contributed by atoms with Crippen molar-refractivity contribution in [3.05, 3.63) is 33.9 Å². The van der Waals surface area contributed by atoms with Crippen molar-refractivity contribution in [3.63, 3.8) is 0 Å². The number of aliphatic hydroxyl groups is 1. The molecule has 94 valence electrons. The Morgan fingerprint density at radius 3 is 2.67 bits per heavy atom. The van der Waals surface area contributed by atoms with E-state index in [0.717, 1.165) is 11.0 Å². The summed E-state index contributed by atoms with van der Waals surface area (Å²) < 4.78 is 0. The molecule has 1 amide bonds. The average molecular weight is 250 g/mol. The molecule has 1 heterocycles. The number of hydrogen-bond donors (Lipinski definition) is 1. The van der Waals surface area contributed by atoms with Crippen LogP contribution in [0.1, 0.15) is 17.3 Å². The van der Waals surface area contributed by atoms with Gasteiger partial charge < -0.3 is 10.0 Å². The average Bonchev–Trinajstić information content (AvgIpc) is 2.54. The highest BCUT2D eigenvalue weighted by Gasteiger charge is 2.37. The molecular formula is C11H10N2O5. The van der Waals surface area contributed by atoms with Crippen LogP contribution in [0.3, 0.4) is 0 Å². The van der Waals surface area contributed by atoms with Crippen LogP contribution in [0, 0.1) is 10.1 Å². The maximum Gasteiger partial charge on any atom is 0.299 e. The number of carbonyl (C=O) groups is 2. The summed E-state index contributed by atoms with van der Waals surface area (Å²) in [4.78, 5) is 34.4. The zero-order valence-corrected chi connectivity index (χ0v) is 9.49. The van der Waals surface area contributed by atoms with Crippen LogP contribution in [-0.4, -0.2) is 34.4 Å². The number of carbonyl (C=O) groups excluding carboxylic acids is 2. The fourth-order valence-corrected chi connectivity index (χ4v) is 1.85. The Hall–Kier alpha value is -2.28. The molecule has 1 aromatic rings. The fourth-order valence-electron chi connectivity index (χ4n) is 1.85. The van der Waals surface area contributed by atoms with E-state index < -0.39 is 22.7 Å². The number of nitrogens with zero attached hydrogens (tertiary/aromatic N) is 2. The molecule has 0 radical (unpaired) electrons. The van der Waals surface area contributed by atoms with Gasteiger partial charge in [-0.3, -0.25) is 19.7 Å². The lowest BCUT2D eigenvalue weighted by Crippen LogP contribution is -2.35. The minimum Gasteiger partial charge on any atom is -0.392 e. The highest BCUT2D eigenvalue weighted by Crippen LogP contribution is 2.31. The van der Waals surface area contributed by atoms with Crippen molar-refractivity contribution in [2.75, 3.05) is 11.4 Å². The number of anilines is 1. The van der Waals surface area contributed by atoms with Crippen molar-refractivity contribution in [3.8, 4) is 0 Å². The summed E-state index contributed by atoms with van der Waals surface area (Å²) in [5, 5.41) is 19.9. The van der Waals surface area contributed by atoms with Crippen LogP contribution in [-0.2, 0) is 4.79 Å². The number of non-ortho nitro benzene ring substituents is 1. The number of Topliss-reactive ketones (excluding diaryl/α,β-unsaturated/α-hetero) is 1. The fraction of sp³-hybridized carbons (Fsp3) is 0.273. The maximum atomic E-state index is 11.7. The third-order valence-corrected chi connectivity index (χ3v) is 2.61. The summed E-state index contributed by atoms with van der Waals surface area (Å²) >= 11 is 0.